The summed E-state index contributed by atoms with van der Waals surface area (Å²) in [5, 5.41) is 9.33. The number of fused-ring (bicyclic) bond motifs is 1. The summed E-state index contributed by atoms with van der Waals surface area (Å²) in [7, 11) is 1.57. The molecule has 0 saturated carbocycles. The molecule has 0 aliphatic heterocycles. The molecule has 2 N–H and O–H groups in total. The maximum absolute atomic E-state index is 12.2. The van der Waals surface area contributed by atoms with E-state index in [1.807, 2.05) is 0 Å². The molecular formula is C17H14N2O4. The van der Waals surface area contributed by atoms with Crippen molar-refractivity contribution in [1.29, 1.82) is 0 Å². The van der Waals surface area contributed by atoms with E-state index < -0.39 is 12.4 Å². The number of ether oxygens (including phenoxy) is 1. The first-order valence-corrected chi connectivity index (χ1v) is 6.95. The first kappa shape index (κ1) is 14.9. The van der Waals surface area contributed by atoms with Gasteiger partial charge in [-0.15, -0.1) is 0 Å². The lowest BCUT2D eigenvalue weighted by molar-refractivity contribution is 0.0904. The van der Waals surface area contributed by atoms with Crippen molar-refractivity contribution in [1.82, 2.24) is 9.97 Å². The van der Waals surface area contributed by atoms with Crippen molar-refractivity contribution in [3.05, 3.63) is 58.4 Å². The Labute approximate surface area is 131 Å². The minimum atomic E-state index is -0.583. The molecule has 1 heterocycles. The third-order valence-corrected chi connectivity index (χ3v) is 3.54. The Hall–Kier alpha value is -2.99. The number of aliphatic hydroxyl groups is 1. The fourth-order valence-corrected chi connectivity index (χ4v) is 2.29. The number of carbonyl (C=O) groups excluding carboxylic acids is 1. The molecule has 0 amide bonds. The zero-order valence-electron chi connectivity index (χ0n) is 12.4. The Morgan fingerprint density at radius 3 is 2.61 bits per heavy atom. The predicted octanol–water partition coefficient (Wildman–Crippen LogP) is 1.77. The average molecular weight is 310 g/mol. The molecule has 0 aliphatic rings. The SMILES string of the molecule is COc1ccc(-c2nc3cc(C(=O)CO)ccc3c(=O)[nH]2)cc1. The van der Waals surface area contributed by atoms with E-state index in [1.165, 1.54) is 18.2 Å². The van der Waals surface area contributed by atoms with Crippen LogP contribution >= 0.6 is 0 Å². The molecule has 0 fully saturated rings. The quantitative estimate of drug-likeness (QED) is 0.717. The summed E-state index contributed by atoms with van der Waals surface area (Å²) in [5.74, 6) is 0.687. The second kappa shape index (κ2) is 6.02. The number of aromatic nitrogens is 2. The Bertz CT molecular complexity index is 929. The number of ketones is 1. The lowest BCUT2D eigenvalue weighted by Gasteiger charge is -2.06. The molecule has 1 aromatic heterocycles. The van der Waals surface area contributed by atoms with Crippen LogP contribution in [0.2, 0.25) is 0 Å². The molecule has 0 aliphatic carbocycles. The normalized spacial score (nSPS) is 10.7. The molecule has 0 radical (unpaired) electrons. The zero-order valence-corrected chi connectivity index (χ0v) is 12.4. The maximum Gasteiger partial charge on any atom is 0.259 e. The van der Waals surface area contributed by atoms with E-state index in [4.69, 9.17) is 9.84 Å². The molecule has 0 spiro atoms. The van der Waals surface area contributed by atoms with Crippen molar-refractivity contribution in [2.45, 2.75) is 0 Å². The molecule has 0 atom stereocenters. The smallest absolute Gasteiger partial charge is 0.259 e. The first-order valence-electron chi connectivity index (χ1n) is 6.95. The van der Waals surface area contributed by atoms with E-state index in [2.05, 4.69) is 9.97 Å². The number of aliphatic hydroxyl groups excluding tert-OH is 1. The number of aromatic amines is 1. The number of rotatable bonds is 4. The number of carbonyl (C=O) groups is 1. The van der Waals surface area contributed by atoms with E-state index in [9.17, 15) is 9.59 Å². The molecule has 0 saturated heterocycles. The Balaban J connectivity index is 2.14. The fraction of sp³-hybridized carbons (Fsp3) is 0.118. The van der Waals surface area contributed by atoms with Gasteiger partial charge in [-0.3, -0.25) is 9.59 Å². The monoisotopic (exact) mass is 310 g/mol. The predicted molar refractivity (Wildman–Crippen MR) is 85.8 cm³/mol. The summed E-state index contributed by atoms with van der Waals surface area (Å²) in [4.78, 5) is 30.9. The lowest BCUT2D eigenvalue weighted by atomic mass is 10.1. The van der Waals surface area contributed by atoms with Gasteiger partial charge in [0.25, 0.3) is 5.56 Å². The number of Topliss-reactive ketones (excluding diaryl/α,β-unsaturated/α-hetero) is 1. The van der Waals surface area contributed by atoms with Gasteiger partial charge in [0.15, 0.2) is 5.78 Å². The van der Waals surface area contributed by atoms with Gasteiger partial charge in [-0.1, -0.05) is 6.07 Å². The van der Waals surface area contributed by atoms with Gasteiger partial charge in [-0.2, -0.15) is 0 Å². The van der Waals surface area contributed by atoms with E-state index in [-0.39, 0.29) is 5.56 Å². The van der Waals surface area contributed by atoms with Gasteiger partial charge in [0.05, 0.1) is 18.0 Å². The number of H-pyrrole nitrogens is 1. The molecule has 0 bridgehead atoms. The van der Waals surface area contributed by atoms with E-state index in [0.717, 1.165) is 5.56 Å². The minimum Gasteiger partial charge on any atom is -0.497 e. The standard InChI is InChI=1S/C17H14N2O4/c1-23-12-5-2-10(3-6-12)16-18-14-8-11(15(21)9-20)4-7-13(14)17(22)19-16/h2-8,20H,9H2,1H3,(H,18,19,22). The molecule has 3 aromatic rings. The van der Waals surface area contributed by atoms with Crippen LogP contribution in [0.25, 0.3) is 22.3 Å². The van der Waals surface area contributed by atoms with Crippen LogP contribution in [0.4, 0.5) is 0 Å². The molecular weight excluding hydrogens is 296 g/mol. The molecule has 3 rings (SSSR count). The summed E-state index contributed by atoms with van der Waals surface area (Å²) in [6, 6.07) is 11.6. The first-order chi connectivity index (χ1) is 11.1. The summed E-state index contributed by atoms with van der Waals surface area (Å²) in [6.07, 6.45) is 0. The molecule has 116 valence electrons. The molecule has 0 unspecified atom stereocenters. The lowest BCUT2D eigenvalue weighted by Crippen LogP contribution is -2.11. The van der Waals surface area contributed by atoms with Gasteiger partial charge in [0.2, 0.25) is 0 Å². The molecule has 2 aromatic carbocycles. The third-order valence-electron chi connectivity index (χ3n) is 3.54. The van der Waals surface area contributed by atoms with Crippen molar-refractivity contribution >= 4 is 16.7 Å². The molecule has 23 heavy (non-hydrogen) atoms. The number of hydrogen-bond acceptors (Lipinski definition) is 5. The highest BCUT2D eigenvalue weighted by molar-refractivity contribution is 5.99. The van der Waals surface area contributed by atoms with Crippen LogP contribution in [0.5, 0.6) is 5.75 Å². The third kappa shape index (κ3) is 2.84. The number of benzene rings is 2. The van der Waals surface area contributed by atoms with Crippen LogP contribution in [0.3, 0.4) is 0 Å². The highest BCUT2D eigenvalue weighted by Gasteiger charge is 2.10. The van der Waals surface area contributed by atoms with Crippen molar-refractivity contribution in [3.8, 4) is 17.1 Å². The highest BCUT2D eigenvalue weighted by Crippen LogP contribution is 2.20. The number of nitrogens with one attached hydrogen (secondary N) is 1. The van der Waals surface area contributed by atoms with Crippen LogP contribution in [0.15, 0.2) is 47.3 Å². The number of nitrogens with zero attached hydrogens (tertiary/aromatic N) is 1. The maximum atomic E-state index is 12.2. The van der Waals surface area contributed by atoms with Gasteiger partial charge >= 0.3 is 0 Å². The Morgan fingerprint density at radius 2 is 1.96 bits per heavy atom. The summed E-state index contributed by atoms with van der Waals surface area (Å²) in [6.45, 7) is -0.583. The topological polar surface area (TPSA) is 92.3 Å². The summed E-state index contributed by atoms with van der Waals surface area (Å²) in [5.41, 5.74) is 1.16. The number of methoxy groups -OCH3 is 1. The van der Waals surface area contributed by atoms with Crippen LogP contribution in [-0.4, -0.2) is 34.6 Å². The van der Waals surface area contributed by atoms with Crippen LogP contribution < -0.4 is 10.3 Å². The Morgan fingerprint density at radius 1 is 1.22 bits per heavy atom. The van der Waals surface area contributed by atoms with Crippen LogP contribution in [-0.2, 0) is 0 Å². The van der Waals surface area contributed by atoms with Crippen molar-refractivity contribution < 1.29 is 14.6 Å². The van der Waals surface area contributed by atoms with E-state index >= 15 is 0 Å². The highest BCUT2D eigenvalue weighted by atomic mass is 16.5. The zero-order chi connectivity index (χ0) is 16.4. The van der Waals surface area contributed by atoms with E-state index in [1.54, 1.807) is 31.4 Å². The van der Waals surface area contributed by atoms with Crippen LogP contribution in [0.1, 0.15) is 10.4 Å². The molecule has 6 nitrogen and oxygen atoms in total. The largest absolute Gasteiger partial charge is 0.497 e. The van der Waals surface area contributed by atoms with Crippen molar-refractivity contribution in [2.24, 2.45) is 0 Å². The van der Waals surface area contributed by atoms with Gasteiger partial charge in [0, 0.05) is 11.1 Å². The van der Waals surface area contributed by atoms with Gasteiger partial charge in [-0.05, 0) is 36.4 Å². The Kier molecular flexibility index (Phi) is 3.91. The number of hydrogen-bond donors (Lipinski definition) is 2. The van der Waals surface area contributed by atoms with Crippen LogP contribution in [0, 0.1) is 0 Å². The molecule has 6 heteroatoms. The van der Waals surface area contributed by atoms with Gasteiger partial charge in [0.1, 0.15) is 18.2 Å². The second-order valence-corrected chi connectivity index (χ2v) is 4.96. The average Bonchev–Trinajstić information content (AvgIpc) is 2.60. The fourth-order valence-electron chi connectivity index (χ4n) is 2.29. The van der Waals surface area contributed by atoms with Gasteiger partial charge < -0.3 is 14.8 Å². The summed E-state index contributed by atoms with van der Waals surface area (Å²) >= 11 is 0. The van der Waals surface area contributed by atoms with Gasteiger partial charge in [-0.25, -0.2) is 4.98 Å². The summed E-state index contributed by atoms with van der Waals surface area (Å²) < 4.78 is 5.10. The van der Waals surface area contributed by atoms with Crippen molar-refractivity contribution in [2.75, 3.05) is 13.7 Å². The second-order valence-electron chi connectivity index (χ2n) is 4.96. The van der Waals surface area contributed by atoms with Crippen molar-refractivity contribution in [3.63, 3.8) is 0 Å². The van der Waals surface area contributed by atoms with E-state index in [0.29, 0.717) is 28.0 Å². The minimum absolute atomic E-state index is 0.288.